The second-order valence-electron chi connectivity index (χ2n) is 4.01. The van der Waals surface area contributed by atoms with Crippen LogP contribution in [-0.4, -0.2) is 49.1 Å². The summed E-state index contributed by atoms with van der Waals surface area (Å²) in [6, 6.07) is 6.95. The number of carbonyl (C=O) groups is 1. The minimum absolute atomic E-state index is 0.115. The number of carbonyl (C=O) groups excluding carboxylic acids is 1. The number of alkyl halides is 2. The molecule has 0 unspecified atom stereocenters. The lowest BCUT2D eigenvalue weighted by molar-refractivity contribution is -0.128. The van der Waals surface area contributed by atoms with Crippen molar-refractivity contribution in [1.82, 2.24) is 4.90 Å². The lowest BCUT2D eigenvalue weighted by Gasteiger charge is -2.19. The van der Waals surface area contributed by atoms with Gasteiger partial charge in [0.05, 0.1) is 20.3 Å². The highest BCUT2D eigenvalue weighted by molar-refractivity contribution is 5.91. The third-order valence-corrected chi connectivity index (χ3v) is 2.57. The van der Waals surface area contributed by atoms with E-state index in [1.165, 1.54) is 12.2 Å². The molecule has 110 valence electrons. The van der Waals surface area contributed by atoms with E-state index in [1.54, 1.807) is 31.4 Å². The standard InChI is InChI=1S/C14H17F2NO3/c1-20-12-5-2-11(3-6-12)4-7-14(19)17(8-9-18)10-13(15)16/h2-7,13,18H,8-10H2,1H3/b7-4+. The average molecular weight is 285 g/mol. The molecule has 0 atom stereocenters. The Kier molecular flexibility index (Phi) is 6.66. The Labute approximate surface area is 116 Å². The van der Waals surface area contributed by atoms with Crippen molar-refractivity contribution in [2.24, 2.45) is 0 Å². The molecule has 1 aromatic carbocycles. The van der Waals surface area contributed by atoms with Gasteiger partial charge < -0.3 is 14.7 Å². The van der Waals surface area contributed by atoms with Gasteiger partial charge in [-0.05, 0) is 23.8 Å². The van der Waals surface area contributed by atoms with Crippen LogP contribution in [0.25, 0.3) is 6.08 Å². The Morgan fingerprint density at radius 1 is 1.40 bits per heavy atom. The van der Waals surface area contributed by atoms with Crippen molar-refractivity contribution >= 4 is 12.0 Å². The van der Waals surface area contributed by atoms with Gasteiger partial charge >= 0.3 is 0 Å². The summed E-state index contributed by atoms with van der Waals surface area (Å²) < 4.78 is 29.6. The fraction of sp³-hybridized carbons (Fsp3) is 0.357. The highest BCUT2D eigenvalue weighted by Crippen LogP contribution is 2.12. The smallest absolute Gasteiger partial charge is 0.255 e. The van der Waals surface area contributed by atoms with Gasteiger partial charge in [0.25, 0.3) is 6.43 Å². The maximum Gasteiger partial charge on any atom is 0.255 e. The van der Waals surface area contributed by atoms with E-state index in [1.807, 2.05) is 0 Å². The molecule has 0 saturated heterocycles. The van der Waals surface area contributed by atoms with E-state index in [9.17, 15) is 13.6 Å². The molecule has 0 heterocycles. The largest absolute Gasteiger partial charge is 0.497 e. The molecule has 0 radical (unpaired) electrons. The van der Waals surface area contributed by atoms with Crippen molar-refractivity contribution in [3.63, 3.8) is 0 Å². The molecule has 0 bridgehead atoms. The maximum absolute atomic E-state index is 12.3. The van der Waals surface area contributed by atoms with E-state index < -0.39 is 18.9 Å². The van der Waals surface area contributed by atoms with Gasteiger partial charge in [-0.1, -0.05) is 12.1 Å². The highest BCUT2D eigenvalue weighted by Gasteiger charge is 2.15. The quantitative estimate of drug-likeness (QED) is 0.777. The summed E-state index contributed by atoms with van der Waals surface area (Å²) in [6.45, 7) is -1.16. The third kappa shape index (κ3) is 5.36. The van der Waals surface area contributed by atoms with Gasteiger partial charge in [-0.15, -0.1) is 0 Å². The van der Waals surface area contributed by atoms with Gasteiger partial charge in [-0.25, -0.2) is 8.78 Å². The number of hydrogen-bond donors (Lipinski definition) is 1. The number of benzene rings is 1. The Balaban J connectivity index is 2.67. The zero-order chi connectivity index (χ0) is 15.0. The van der Waals surface area contributed by atoms with Gasteiger partial charge in [-0.3, -0.25) is 4.79 Å². The molecule has 0 aliphatic carbocycles. The molecule has 4 nitrogen and oxygen atoms in total. The van der Waals surface area contributed by atoms with Crippen LogP contribution in [0, 0.1) is 0 Å². The fourth-order valence-corrected chi connectivity index (χ4v) is 1.57. The number of hydrogen-bond acceptors (Lipinski definition) is 3. The van der Waals surface area contributed by atoms with Crippen molar-refractivity contribution in [1.29, 1.82) is 0 Å². The van der Waals surface area contributed by atoms with Crippen LogP contribution in [0.1, 0.15) is 5.56 Å². The number of halogens is 2. The summed E-state index contributed by atoms with van der Waals surface area (Å²) in [5.41, 5.74) is 0.750. The minimum Gasteiger partial charge on any atom is -0.497 e. The number of methoxy groups -OCH3 is 1. The summed E-state index contributed by atoms with van der Waals surface area (Å²) >= 11 is 0. The summed E-state index contributed by atoms with van der Waals surface area (Å²) in [4.78, 5) is 12.6. The molecule has 1 N–H and O–H groups in total. The van der Waals surface area contributed by atoms with E-state index in [4.69, 9.17) is 9.84 Å². The first kappa shape index (κ1) is 16.1. The predicted molar refractivity (Wildman–Crippen MR) is 71.7 cm³/mol. The Hall–Kier alpha value is -1.95. The first-order chi connectivity index (χ1) is 9.56. The molecule has 1 amide bonds. The van der Waals surface area contributed by atoms with Gasteiger partial charge in [0.2, 0.25) is 5.91 Å². The van der Waals surface area contributed by atoms with Gasteiger partial charge in [0.15, 0.2) is 0 Å². The topological polar surface area (TPSA) is 49.8 Å². The molecular weight excluding hydrogens is 268 g/mol. The van der Waals surface area contributed by atoms with Gasteiger partial charge in [0, 0.05) is 12.6 Å². The van der Waals surface area contributed by atoms with Crippen LogP contribution in [0.15, 0.2) is 30.3 Å². The first-order valence-corrected chi connectivity index (χ1v) is 6.07. The Morgan fingerprint density at radius 3 is 2.55 bits per heavy atom. The molecule has 0 aliphatic rings. The number of amides is 1. The van der Waals surface area contributed by atoms with Crippen molar-refractivity contribution in [3.05, 3.63) is 35.9 Å². The maximum atomic E-state index is 12.3. The third-order valence-electron chi connectivity index (χ3n) is 2.57. The summed E-state index contributed by atoms with van der Waals surface area (Å²) in [5, 5.41) is 8.76. The van der Waals surface area contributed by atoms with Crippen LogP contribution < -0.4 is 4.74 Å². The Morgan fingerprint density at radius 2 is 2.05 bits per heavy atom. The van der Waals surface area contributed by atoms with Crippen molar-refractivity contribution in [3.8, 4) is 5.75 Å². The molecule has 0 aliphatic heterocycles. The van der Waals surface area contributed by atoms with Crippen LogP contribution in [0.3, 0.4) is 0 Å². The second-order valence-corrected chi connectivity index (χ2v) is 4.01. The Bertz CT molecular complexity index is 446. The van der Waals surface area contributed by atoms with E-state index in [0.29, 0.717) is 5.75 Å². The molecule has 0 aromatic heterocycles. The highest BCUT2D eigenvalue weighted by atomic mass is 19.3. The van der Waals surface area contributed by atoms with Crippen LogP contribution in [0.2, 0.25) is 0 Å². The van der Waals surface area contributed by atoms with Gasteiger partial charge in [0.1, 0.15) is 5.75 Å². The summed E-state index contributed by atoms with van der Waals surface area (Å²) in [6.07, 6.45) is 0.108. The molecule has 1 rings (SSSR count). The van der Waals surface area contributed by atoms with Crippen molar-refractivity contribution in [2.75, 3.05) is 26.8 Å². The molecular formula is C14H17F2NO3. The summed E-state index contributed by atoms with van der Waals surface area (Å²) in [7, 11) is 1.55. The minimum atomic E-state index is -2.63. The van der Waals surface area contributed by atoms with Crippen LogP contribution in [0.5, 0.6) is 5.75 Å². The number of rotatable bonds is 7. The predicted octanol–water partition coefficient (Wildman–Crippen LogP) is 1.79. The number of aliphatic hydroxyl groups is 1. The lowest BCUT2D eigenvalue weighted by Crippen LogP contribution is -2.36. The van der Waals surface area contributed by atoms with Gasteiger partial charge in [-0.2, -0.15) is 0 Å². The van der Waals surface area contributed by atoms with Crippen LogP contribution in [0.4, 0.5) is 8.78 Å². The molecule has 20 heavy (non-hydrogen) atoms. The van der Waals surface area contributed by atoms with E-state index >= 15 is 0 Å². The first-order valence-electron chi connectivity index (χ1n) is 6.07. The fourth-order valence-electron chi connectivity index (χ4n) is 1.57. The summed E-state index contributed by atoms with van der Waals surface area (Å²) in [5.74, 6) is 0.128. The monoisotopic (exact) mass is 285 g/mol. The average Bonchev–Trinajstić information content (AvgIpc) is 2.44. The van der Waals surface area contributed by atoms with E-state index in [2.05, 4.69) is 0 Å². The number of ether oxygens (including phenoxy) is 1. The van der Waals surface area contributed by atoms with E-state index in [0.717, 1.165) is 10.5 Å². The number of aliphatic hydroxyl groups excluding tert-OH is 1. The van der Waals surface area contributed by atoms with Crippen LogP contribution in [-0.2, 0) is 4.79 Å². The molecule has 0 saturated carbocycles. The van der Waals surface area contributed by atoms with Crippen LogP contribution >= 0.6 is 0 Å². The molecule has 0 spiro atoms. The SMILES string of the molecule is COc1ccc(/C=C/C(=O)N(CCO)CC(F)F)cc1. The molecule has 1 aromatic rings. The van der Waals surface area contributed by atoms with Crippen molar-refractivity contribution < 1.29 is 23.4 Å². The second kappa shape index (κ2) is 8.27. The lowest BCUT2D eigenvalue weighted by atomic mass is 10.2. The molecule has 6 heteroatoms. The molecule has 0 fully saturated rings. The zero-order valence-electron chi connectivity index (χ0n) is 11.1. The van der Waals surface area contributed by atoms with E-state index in [-0.39, 0.29) is 13.2 Å². The zero-order valence-corrected chi connectivity index (χ0v) is 11.1. The van der Waals surface area contributed by atoms with Crippen molar-refractivity contribution in [2.45, 2.75) is 6.43 Å². The number of nitrogens with zero attached hydrogens (tertiary/aromatic N) is 1. The normalized spacial score (nSPS) is 11.1.